The van der Waals surface area contributed by atoms with E-state index in [0.29, 0.717) is 0 Å². The summed E-state index contributed by atoms with van der Waals surface area (Å²) in [5.74, 6) is 1.86. The van der Waals surface area contributed by atoms with Gasteiger partial charge >= 0.3 is 0 Å². The average molecular weight is 354 g/mol. The van der Waals surface area contributed by atoms with Crippen molar-refractivity contribution in [3.05, 3.63) is 108 Å². The van der Waals surface area contributed by atoms with Crippen LogP contribution in [0.5, 0.6) is 11.5 Å². The second-order valence-corrected chi connectivity index (χ2v) is 6.55. The third kappa shape index (κ3) is 3.39. The number of benzene rings is 4. The molecule has 4 aromatic carbocycles. The highest BCUT2D eigenvalue weighted by Gasteiger charge is 2.19. The van der Waals surface area contributed by atoms with Gasteiger partial charge in [-0.05, 0) is 51.7 Å². The van der Waals surface area contributed by atoms with Crippen LogP contribution >= 0.6 is 0 Å². The van der Waals surface area contributed by atoms with E-state index in [2.05, 4.69) is 66.7 Å². The Morgan fingerprint density at radius 1 is 0.556 bits per heavy atom. The molecule has 0 bridgehead atoms. The molecular formula is C25H22O2. The first kappa shape index (κ1) is 17.2. The van der Waals surface area contributed by atoms with E-state index >= 15 is 0 Å². The summed E-state index contributed by atoms with van der Waals surface area (Å²) in [4.78, 5) is 0. The Labute approximate surface area is 160 Å². The molecule has 0 N–H and O–H groups in total. The molecule has 0 heterocycles. The van der Waals surface area contributed by atoms with Crippen LogP contribution in [0.25, 0.3) is 10.8 Å². The van der Waals surface area contributed by atoms with Crippen LogP contribution < -0.4 is 9.47 Å². The van der Waals surface area contributed by atoms with E-state index < -0.39 is 0 Å². The minimum atomic E-state index is 0.132. The lowest BCUT2D eigenvalue weighted by Gasteiger charge is -2.21. The van der Waals surface area contributed by atoms with E-state index in [0.717, 1.165) is 11.5 Å². The summed E-state index contributed by atoms with van der Waals surface area (Å²) in [6, 6.07) is 31.8. The summed E-state index contributed by atoms with van der Waals surface area (Å²) in [6.45, 7) is 0. The Bertz CT molecular complexity index is 981. The topological polar surface area (TPSA) is 18.5 Å². The van der Waals surface area contributed by atoms with Crippen molar-refractivity contribution in [3.63, 3.8) is 0 Å². The van der Waals surface area contributed by atoms with Crippen LogP contribution in [-0.4, -0.2) is 14.2 Å². The minimum absolute atomic E-state index is 0.132. The number of hydrogen-bond donors (Lipinski definition) is 0. The summed E-state index contributed by atoms with van der Waals surface area (Å²) >= 11 is 0. The average Bonchev–Trinajstić information content (AvgIpc) is 2.75. The highest BCUT2D eigenvalue weighted by molar-refractivity contribution is 5.87. The lowest BCUT2D eigenvalue weighted by molar-refractivity contribution is 0.414. The third-order valence-electron chi connectivity index (χ3n) is 5.03. The molecule has 0 fully saturated rings. The molecule has 0 aliphatic heterocycles. The number of hydrogen-bond acceptors (Lipinski definition) is 2. The molecule has 2 nitrogen and oxygen atoms in total. The van der Waals surface area contributed by atoms with Crippen molar-refractivity contribution in [2.45, 2.75) is 5.92 Å². The van der Waals surface area contributed by atoms with Crippen molar-refractivity contribution in [2.75, 3.05) is 14.2 Å². The molecular weight excluding hydrogens is 332 g/mol. The predicted octanol–water partition coefficient (Wildman–Crippen LogP) is 6.04. The summed E-state index contributed by atoms with van der Waals surface area (Å²) in [7, 11) is 3.39. The Morgan fingerprint density at radius 2 is 1.07 bits per heavy atom. The SMILES string of the molecule is COc1ccc(C(c2ccc(OC)cc2)c2cccc3ccccc23)cc1. The zero-order valence-electron chi connectivity index (χ0n) is 15.6. The first-order chi connectivity index (χ1) is 13.3. The van der Waals surface area contributed by atoms with E-state index in [1.54, 1.807) is 14.2 Å². The normalized spacial score (nSPS) is 10.9. The summed E-state index contributed by atoms with van der Waals surface area (Å²) in [5, 5.41) is 2.53. The highest BCUT2D eigenvalue weighted by Crippen LogP contribution is 2.37. The Morgan fingerprint density at radius 3 is 1.63 bits per heavy atom. The Kier molecular flexibility index (Phi) is 4.80. The maximum atomic E-state index is 5.34. The highest BCUT2D eigenvalue weighted by atomic mass is 16.5. The number of rotatable bonds is 5. The van der Waals surface area contributed by atoms with Gasteiger partial charge in [0.15, 0.2) is 0 Å². The molecule has 2 heteroatoms. The molecule has 27 heavy (non-hydrogen) atoms. The monoisotopic (exact) mass is 354 g/mol. The molecule has 0 spiro atoms. The van der Waals surface area contributed by atoms with Gasteiger partial charge in [0.05, 0.1) is 14.2 Å². The molecule has 0 aliphatic rings. The van der Waals surface area contributed by atoms with E-state index in [1.807, 2.05) is 24.3 Å². The van der Waals surface area contributed by atoms with E-state index in [4.69, 9.17) is 9.47 Å². The van der Waals surface area contributed by atoms with Crippen LogP contribution in [0.15, 0.2) is 91.0 Å². The van der Waals surface area contributed by atoms with Gasteiger partial charge in [-0.25, -0.2) is 0 Å². The summed E-state index contributed by atoms with van der Waals surface area (Å²) in [6.07, 6.45) is 0. The number of fused-ring (bicyclic) bond motifs is 1. The first-order valence-electron chi connectivity index (χ1n) is 9.05. The molecule has 4 aromatic rings. The largest absolute Gasteiger partial charge is 0.497 e. The van der Waals surface area contributed by atoms with Gasteiger partial charge < -0.3 is 9.47 Å². The fraction of sp³-hybridized carbons (Fsp3) is 0.120. The van der Waals surface area contributed by atoms with Gasteiger partial charge in [-0.15, -0.1) is 0 Å². The van der Waals surface area contributed by atoms with Crippen LogP contribution in [-0.2, 0) is 0 Å². The maximum Gasteiger partial charge on any atom is 0.118 e. The van der Waals surface area contributed by atoms with Crippen molar-refractivity contribution in [1.82, 2.24) is 0 Å². The molecule has 0 saturated heterocycles. The van der Waals surface area contributed by atoms with Crippen molar-refractivity contribution in [1.29, 1.82) is 0 Å². The van der Waals surface area contributed by atoms with Gasteiger partial charge in [0, 0.05) is 5.92 Å². The molecule has 0 atom stereocenters. The lowest BCUT2D eigenvalue weighted by Crippen LogP contribution is -2.04. The van der Waals surface area contributed by atoms with Crippen molar-refractivity contribution < 1.29 is 9.47 Å². The summed E-state index contributed by atoms with van der Waals surface area (Å²) in [5.41, 5.74) is 3.76. The lowest BCUT2D eigenvalue weighted by atomic mass is 9.83. The zero-order valence-corrected chi connectivity index (χ0v) is 15.6. The van der Waals surface area contributed by atoms with Gasteiger partial charge in [-0.3, -0.25) is 0 Å². The zero-order chi connectivity index (χ0) is 18.6. The molecule has 0 saturated carbocycles. The van der Waals surface area contributed by atoms with Crippen LogP contribution in [0.1, 0.15) is 22.6 Å². The molecule has 134 valence electrons. The number of ether oxygens (including phenoxy) is 2. The fourth-order valence-electron chi connectivity index (χ4n) is 3.65. The first-order valence-corrected chi connectivity index (χ1v) is 9.05. The van der Waals surface area contributed by atoms with Gasteiger partial charge in [-0.2, -0.15) is 0 Å². The van der Waals surface area contributed by atoms with Crippen LogP contribution in [0.4, 0.5) is 0 Å². The molecule has 0 radical (unpaired) electrons. The maximum absolute atomic E-state index is 5.34. The van der Waals surface area contributed by atoms with E-state index in [1.165, 1.54) is 27.5 Å². The molecule has 0 amide bonds. The Hall–Kier alpha value is -3.26. The third-order valence-corrected chi connectivity index (χ3v) is 5.03. The van der Waals surface area contributed by atoms with Gasteiger partial charge in [0.2, 0.25) is 0 Å². The van der Waals surface area contributed by atoms with Crippen LogP contribution in [0.2, 0.25) is 0 Å². The summed E-state index contributed by atoms with van der Waals surface area (Å²) < 4.78 is 10.7. The molecule has 0 aliphatic carbocycles. The smallest absolute Gasteiger partial charge is 0.118 e. The van der Waals surface area contributed by atoms with Gasteiger partial charge in [-0.1, -0.05) is 66.7 Å². The standard InChI is InChI=1S/C25H22O2/c1-26-21-14-10-19(11-15-21)25(20-12-16-22(27-2)17-13-20)24-9-5-7-18-6-3-4-8-23(18)24/h3-17,25H,1-2H3. The van der Waals surface area contributed by atoms with Crippen molar-refractivity contribution in [3.8, 4) is 11.5 Å². The second kappa shape index (κ2) is 7.55. The number of methoxy groups -OCH3 is 2. The molecule has 0 unspecified atom stereocenters. The second-order valence-electron chi connectivity index (χ2n) is 6.55. The fourth-order valence-corrected chi connectivity index (χ4v) is 3.65. The van der Waals surface area contributed by atoms with Crippen LogP contribution in [0, 0.1) is 0 Å². The van der Waals surface area contributed by atoms with Crippen LogP contribution in [0.3, 0.4) is 0 Å². The predicted molar refractivity (Wildman–Crippen MR) is 111 cm³/mol. The minimum Gasteiger partial charge on any atom is -0.497 e. The Balaban J connectivity index is 1.91. The van der Waals surface area contributed by atoms with E-state index in [9.17, 15) is 0 Å². The quantitative estimate of drug-likeness (QED) is 0.407. The van der Waals surface area contributed by atoms with E-state index in [-0.39, 0.29) is 5.92 Å². The van der Waals surface area contributed by atoms with Gasteiger partial charge in [0.1, 0.15) is 11.5 Å². The van der Waals surface area contributed by atoms with Crippen molar-refractivity contribution >= 4 is 10.8 Å². The molecule has 4 rings (SSSR count). The molecule has 0 aromatic heterocycles. The van der Waals surface area contributed by atoms with Crippen molar-refractivity contribution in [2.24, 2.45) is 0 Å². The van der Waals surface area contributed by atoms with Gasteiger partial charge in [0.25, 0.3) is 0 Å².